The highest BCUT2D eigenvalue weighted by atomic mass is 16.5. The second-order valence-electron chi connectivity index (χ2n) is 5.98. The minimum absolute atomic E-state index is 0.192. The summed E-state index contributed by atoms with van der Waals surface area (Å²) in [5.74, 6) is 0.745. The van der Waals surface area contributed by atoms with Crippen LogP contribution in [0.15, 0.2) is 18.3 Å². The molecule has 0 atom stereocenters. The fourth-order valence-corrected chi connectivity index (χ4v) is 2.09. The van der Waals surface area contributed by atoms with Crippen LogP contribution in [-0.4, -0.2) is 22.7 Å². The molecule has 1 aromatic heterocycles. The van der Waals surface area contributed by atoms with Crippen LogP contribution in [0.5, 0.6) is 5.88 Å². The van der Waals surface area contributed by atoms with Crippen LogP contribution in [0.4, 0.5) is 0 Å². The minimum Gasteiger partial charge on any atom is -0.474 e. The van der Waals surface area contributed by atoms with E-state index >= 15 is 0 Å². The molecule has 2 rings (SSSR count). The third-order valence-corrected chi connectivity index (χ3v) is 2.90. The van der Waals surface area contributed by atoms with E-state index in [4.69, 9.17) is 4.74 Å². The van der Waals surface area contributed by atoms with Gasteiger partial charge in [-0.3, -0.25) is 0 Å². The standard InChI is InChI=1S/C14H22N2O/c1-10-5-6-13(15-9-10)17-12-7-11(8-12)16-14(2,3)4/h5-6,9,11-12,16H,7-8H2,1-4H3. The molecule has 1 fully saturated rings. The van der Waals surface area contributed by atoms with Crippen LogP contribution in [0.2, 0.25) is 0 Å². The van der Waals surface area contributed by atoms with Gasteiger partial charge in [-0.05, 0) is 46.1 Å². The summed E-state index contributed by atoms with van der Waals surface area (Å²) in [5, 5.41) is 3.58. The van der Waals surface area contributed by atoms with Crippen LogP contribution in [-0.2, 0) is 0 Å². The van der Waals surface area contributed by atoms with E-state index in [0.29, 0.717) is 12.1 Å². The van der Waals surface area contributed by atoms with E-state index < -0.39 is 0 Å². The van der Waals surface area contributed by atoms with Gasteiger partial charge in [0, 0.05) is 23.8 Å². The monoisotopic (exact) mass is 234 g/mol. The second kappa shape index (κ2) is 4.65. The number of ether oxygens (including phenoxy) is 1. The Bertz CT molecular complexity index is 361. The lowest BCUT2D eigenvalue weighted by atomic mass is 9.87. The molecule has 1 aliphatic carbocycles. The van der Waals surface area contributed by atoms with Crippen molar-refractivity contribution in [2.24, 2.45) is 0 Å². The molecule has 0 saturated heterocycles. The number of aryl methyl sites for hydroxylation is 1. The summed E-state index contributed by atoms with van der Waals surface area (Å²) in [5.41, 5.74) is 1.36. The van der Waals surface area contributed by atoms with Crippen LogP contribution < -0.4 is 10.1 Å². The maximum absolute atomic E-state index is 5.80. The topological polar surface area (TPSA) is 34.1 Å². The van der Waals surface area contributed by atoms with Crippen LogP contribution in [0.25, 0.3) is 0 Å². The predicted octanol–water partition coefficient (Wildman–Crippen LogP) is 2.69. The van der Waals surface area contributed by atoms with Gasteiger partial charge >= 0.3 is 0 Å². The maximum atomic E-state index is 5.80. The molecule has 3 nitrogen and oxygen atoms in total. The molecule has 0 radical (unpaired) electrons. The molecule has 94 valence electrons. The number of rotatable bonds is 3. The lowest BCUT2D eigenvalue weighted by Gasteiger charge is -2.39. The van der Waals surface area contributed by atoms with Crippen molar-refractivity contribution in [3.63, 3.8) is 0 Å². The lowest BCUT2D eigenvalue weighted by Crippen LogP contribution is -2.53. The SMILES string of the molecule is Cc1ccc(OC2CC(NC(C)(C)C)C2)nc1. The largest absolute Gasteiger partial charge is 0.474 e. The highest BCUT2D eigenvalue weighted by Gasteiger charge is 2.33. The number of aromatic nitrogens is 1. The van der Waals surface area contributed by atoms with Gasteiger partial charge in [-0.1, -0.05) is 6.07 Å². The summed E-state index contributed by atoms with van der Waals surface area (Å²) in [6.45, 7) is 8.62. The summed E-state index contributed by atoms with van der Waals surface area (Å²) in [6.07, 6.45) is 4.32. The summed E-state index contributed by atoms with van der Waals surface area (Å²) >= 11 is 0. The number of pyridine rings is 1. The lowest BCUT2D eigenvalue weighted by molar-refractivity contribution is 0.0694. The van der Waals surface area contributed by atoms with E-state index in [1.165, 1.54) is 5.56 Å². The van der Waals surface area contributed by atoms with Gasteiger partial charge < -0.3 is 10.1 Å². The van der Waals surface area contributed by atoms with Gasteiger partial charge in [0.05, 0.1) is 0 Å². The Balaban J connectivity index is 1.76. The summed E-state index contributed by atoms with van der Waals surface area (Å²) in [4.78, 5) is 4.26. The van der Waals surface area contributed by atoms with E-state index in [0.717, 1.165) is 18.7 Å². The average Bonchev–Trinajstić information content (AvgIpc) is 2.16. The molecule has 0 spiro atoms. The summed E-state index contributed by atoms with van der Waals surface area (Å²) in [7, 11) is 0. The van der Waals surface area contributed by atoms with Crippen molar-refractivity contribution in [1.82, 2.24) is 10.3 Å². The van der Waals surface area contributed by atoms with Crippen LogP contribution in [0.3, 0.4) is 0 Å². The highest BCUT2D eigenvalue weighted by Crippen LogP contribution is 2.26. The van der Waals surface area contributed by atoms with Gasteiger partial charge in [-0.25, -0.2) is 4.98 Å². The first-order valence-electron chi connectivity index (χ1n) is 6.29. The van der Waals surface area contributed by atoms with Crippen molar-refractivity contribution in [3.05, 3.63) is 23.9 Å². The van der Waals surface area contributed by atoms with Crippen LogP contribution in [0.1, 0.15) is 39.2 Å². The highest BCUT2D eigenvalue weighted by molar-refractivity contribution is 5.17. The fraction of sp³-hybridized carbons (Fsp3) is 0.643. The molecule has 17 heavy (non-hydrogen) atoms. The van der Waals surface area contributed by atoms with Gasteiger partial charge in [0.2, 0.25) is 5.88 Å². The van der Waals surface area contributed by atoms with Crippen LogP contribution >= 0.6 is 0 Å². The Morgan fingerprint density at radius 1 is 1.29 bits per heavy atom. The average molecular weight is 234 g/mol. The van der Waals surface area contributed by atoms with E-state index in [-0.39, 0.29) is 5.54 Å². The molecule has 0 amide bonds. The zero-order valence-corrected chi connectivity index (χ0v) is 11.2. The number of hydrogen-bond donors (Lipinski definition) is 1. The van der Waals surface area contributed by atoms with Gasteiger partial charge in [0.15, 0.2) is 0 Å². The van der Waals surface area contributed by atoms with Crippen molar-refractivity contribution in [2.45, 2.75) is 58.2 Å². The zero-order valence-electron chi connectivity index (χ0n) is 11.2. The third kappa shape index (κ3) is 3.70. The number of nitrogens with one attached hydrogen (secondary N) is 1. The van der Waals surface area contributed by atoms with E-state index in [1.54, 1.807) is 0 Å². The minimum atomic E-state index is 0.192. The Hall–Kier alpha value is -1.09. The van der Waals surface area contributed by atoms with E-state index in [2.05, 4.69) is 31.1 Å². The van der Waals surface area contributed by atoms with Crippen molar-refractivity contribution in [2.75, 3.05) is 0 Å². The molecule has 0 aliphatic heterocycles. The van der Waals surface area contributed by atoms with E-state index in [1.807, 2.05) is 25.3 Å². The molecule has 1 aromatic rings. The number of nitrogens with zero attached hydrogens (tertiary/aromatic N) is 1. The molecular weight excluding hydrogens is 212 g/mol. The number of hydrogen-bond acceptors (Lipinski definition) is 3. The molecule has 0 aromatic carbocycles. The molecule has 3 heteroatoms. The first kappa shape index (κ1) is 12.4. The van der Waals surface area contributed by atoms with E-state index in [9.17, 15) is 0 Å². The summed E-state index contributed by atoms with van der Waals surface area (Å²) in [6, 6.07) is 4.57. The molecule has 1 heterocycles. The van der Waals surface area contributed by atoms with Crippen molar-refractivity contribution in [1.29, 1.82) is 0 Å². The normalized spacial score (nSPS) is 24.2. The second-order valence-corrected chi connectivity index (χ2v) is 5.98. The molecule has 0 unspecified atom stereocenters. The molecule has 0 bridgehead atoms. The molecule has 1 N–H and O–H groups in total. The van der Waals surface area contributed by atoms with Crippen molar-refractivity contribution >= 4 is 0 Å². The quantitative estimate of drug-likeness (QED) is 0.873. The Morgan fingerprint density at radius 3 is 2.53 bits per heavy atom. The van der Waals surface area contributed by atoms with Gasteiger partial charge in [-0.15, -0.1) is 0 Å². The molecule has 1 saturated carbocycles. The Kier molecular flexibility index (Phi) is 3.38. The van der Waals surface area contributed by atoms with Crippen LogP contribution in [0, 0.1) is 6.92 Å². The third-order valence-electron chi connectivity index (χ3n) is 2.90. The first-order chi connectivity index (χ1) is 7.92. The zero-order chi connectivity index (χ0) is 12.5. The van der Waals surface area contributed by atoms with Gasteiger partial charge in [0.25, 0.3) is 0 Å². The maximum Gasteiger partial charge on any atom is 0.213 e. The molecule has 1 aliphatic rings. The van der Waals surface area contributed by atoms with Gasteiger partial charge in [-0.2, -0.15) is 0 Å². The Morgan fingerprint density at radius 2 is 2.00 bits per heavy atom. The fourth-order valence-electron chi connectivity index (χ4n) is 2.09. The predicted molar refractivity (Wildman–Crippen MR) is 69.3 cm³/mol. The first-order valence-corrected chi connectivity index (χ1v) is 6.29. The van der Waals surface area contributed by atoms with Crippen molar-refractivity contribution in [3.8, 4) is 5.88 Å². The van der Waals surface area contributed by atoms with Crippen molar-refractivity contribution < 1.29 is 4.74 Å². The smallest absolute Gasteiger partial charge is 0.213 e. The molecular formula is C14H22N2O. The summed E-state index contributed by atoms with van der Waals surface area (Å²) < 4.78 is 5.80. The Labute approximate surface area is 104 Å². The van der Waals surface area contributed by atoms with Gasteiger partial charge in [0.1, 0.15) is 6.10 Å².